The number of allylic oxidation sites excluding steroid dienone is 3. The van der Waals surface area contributed by atoms with Crippen LogP contribution in [0.3, 0.4) is 0 Å². The summed E-state index contributed by atoms with van der Waals surface area (Å²) >= 11 is 0. The predicted octanol–water partition coefficient (Wildman–Crippen LogP) is 3.82. The minimum absolute atomic E-state index is 0.0538. The highest BCUT2D eigenvalue weighted by Gasteiger charge is 2.90. The highest BCUT2D eigenvalue weighted by atomic mass is 16.9. The zero-order valence-electron chi connectivity index (χ0n) is 30.1. The van der Waals surface area contributed by atoms with Crippen molar-refractivity contribution in [3.05, 3.63) is 77.9 Å². The molecule has 3 aliphatic carbocycles. The monoisotopic (exact) mass is 720 g/mol. The normalized spacial score (nSPS) is 42.7. The number of methoxy groups -OCH3 is 1. The number of Topliss-reactive ketones (excluding diaryl/α,β-unsaturated/α-hetero) is 1. The number of hydrogen-bond acceptors (Lipinski definition) is 12. The molecule has 0 spiro atoms. The molecule has 280 valence electrons. The van der Waals surface area contributed by atoms with Gasteiger partial charge in [-0.15, -0.1) is 0 Å². The number of hydrogen-bond donors (Lipinski definition) is 4. The average molecular weight is 721 g/mol. The number of aliphatic hydroxyl groups excluding tert-OH is 2. The smallest absolute Gasteiger partial charge is 0.331 e. The minimum Gasteiger partial charge on any atom is -0.504 e. The van der Waals surface area contributed by atoms with Crippen LogP contribution in [0, 0.1) is 17.8 Å². The van der Waals surface area contributed by atoms with Crippen LogP contribution in [0.4, 0.5) is 0 Å². The second-order valence-electron chi connectivity index (χ2n) is 15.0. The molecular weight excluding hydrogens is 672 g/mol. The first kappa shape index (κ1) is 36.7. The van der Waals surface area contributed by atoms with E-state index in [0.717, 1.165) is 25.7 Å². The summed E-state index contributed by atoms with van der Waals surface area (Å²) in [6, 6.07) is 4.62. The van der Waals surface area contributed by atoms with E-state index in [0.29, 0.717) is 11.1 Å². The summed E-state index contributed by atoms with van der Waals surface area (Å²) < 4.78 is 38.4. The molecule has 4 N–H and O–H groups in total. The number of carbonyl (C=O) groups is 2. The molecule has 12 atom stereocenters. The van der Waals surface area contributed by atoms with Crippen molar-refractivity contribution in [3.8, 4) is 11.5 Å². The zero-order chi connectivity index (χ0) is 37.4. The molecule has 0 radical (unpaired) electrons. The molecule has 3 bridgehead atoms. The molecule has 12 unspecified atom stereocenters. The van der Waals surface area contributed by atoms with Crippen LogP contribution < -0.4 is 4.74 Å². The van der Waals surface area contributed by atoms with E-state index in [1.807, 2.05) is 12.2 Å². The van der Waals surface area contributed by atoms with Gasteiger partial charge in [0.2, 0.25) is 0 Å². The Hall–Kier alpha value is -3.62. The van der Waals surface area contributed by atoms with Gasteiger partial charge < -0.3 is 48.8 Å². The number of epoxide rings is 1. The molecule has 7 rings (SSSR count). The van der Waals surface area contributed by atoms with Crippen LogP contribution in [-0.4, -0.2) is 98.7 Å². The molecule has 0 aromatic heterocycles. The Balaban J connectivity index is 1.35. The molecule has 12 heteroatoms. The van der Waals surface area contributed by atoms with Gasteiger partial charge in [0, 0.05) is 29.9 Å². The summed E-state index contributed by atoms with van der Waals surface area (Å²) in [5.74, 6) is -6.02. The van der Waals surface area contributed by atoms with Crippen molar-refractivity contribution in [2.24, 2.45) is 17.8 Å². The van der Waals surface area contributed by atoms with Crippen LogP contribution in [0.1, 0.15) is 58.9 Å². The third kappa shape index (κ3) is 4.92. The van der Waals surface area contributed by atoms with Gasteiger partial charge in [-0.25, -0.2) is 4.79 Å². The maximum absolute atomic E-state index is 13.9. The number of carbonyl (C=O) groups excluding carboxylic acids is 2. The molecule has 1 aromatic carbocycles. The number of phenols is 1. The summed E-state index contributed by atoms with van der Waals surface area (Å²) in [4.78, 5) is 27.7. The maximum Gasteiger partial charge on any atom is 0.331 e. The first-order valence-corrected chi connectivity index (χ1v) is 18.0. The summed E-state index contributed by atoms with van der Waals surface area (Å²) in [5.41, 5.74) is -6.06. The quantitative estimate of drug-likeness (QED) is 0.0615. The van der Waals surface area contributed by atoms with Crippen molar-refractivity contribution in [1.29, 1.82) is 0 Å². The number of aromatic hydroxyl groups is 1. The lowest BCUT2D eigenvalue weighted by Gasteiger charge is -2.61. The fourth-order valence-electron chi connectivity index (χ4n) is 9.61. The number of aliphatic hydroxyl groups is 3. The van der Waals surface area contributed by atoms with Gasteiger partial charge in [0.15, 0.2) is 28.5 Å². The Morgan fingerprint density at radius 3 is 2.60 bits per heavy atom. The number of unbranched alkanes of at least 4 members (excludes halogenated alkanes) is 3. The SMILES string of the molecule is C=C(C)C12OC3(C=CC=CCCCCC)OC1C1C4OC4(CO)C(O)C4(O)C(=O)C(C)=CC4C1(O3)C(C)C2OC(=O)C=Cc1ccc(O)c(OC)c1. The maximum atomic E-state index is 13.9. The highest BCUT2D eigenvalue weighted by molar-refractivity contribution is 6.05. The zero-order valence-corrected chi connectivity index (χ0v) is 30.1. The van der Waals surface area contributed by atoms with Crippen LogP contribution in [0.25, 0.3) is 6.08 Å². The summed E-state index contributed by atoms with van der Waals surface area (Å²) in [6.07, 6.45) is 10.9. The lowest BCUT2D eigenvalue weighted by molar-refractivity contribution is -0.407. The molecule has 52 heavy (non-hydrogen) atoms. The van der Waals surface area contributed by atoms with Crippen LogP contribution >= 0.6 is 0 Å². The van der Waals surface area contributed by atoms with E-state index in [1.54, 1.807) is 51.1 Å². The van der Waals surface area contributed by atoms with Gasteiger partial charge in [0.05, 0.1) is 19.3 Å². The summed E-state index contributed by atoms with van der Waals surface area (Å²) in [5, 5.41) is 45.1. The first-order valence-electron chi connectivity index (χ1n) is 18.0. The van der Waals surface area contributed by atoms with Gasteiger partial charge in [-0.2, -0.15) is 0 Å². The molecule has 5 fully saturated rings. The lowest BCUT2D eigenvalue weighted by atomic mass is 9.53. The number of ether oxygens (including phenoxy) is 6. The molecular formula is C40H48O12. The molecule has 0 amide bonds. The van der Waals surface area contributed by atoms with Crippen molar-refractivity contribution in [3.63, 3.8) is 0 Å². The second-order valence-corrected chi connectivity index (χ2v) is 15.0. The lowest BCUT2D eigenvalue weighted by Crippen LogP contribution is -2.76. The number of rotatable bonds is 12. The van der Waals surface area contributed by atoms with Crippen molar-refractivity contribution in [2.45, 2.75) is 106 Å². The van der Waals surface area contributed by atoms with Gasteiger partial charge in [0.25, 0.3) is 0 Å². The fourth-order valence-corrected chi connectivity index (χ4v) is 9.61. The van der Waals surface area contributed by atoms with Crippen molar-refractivity contribution >= 4 is 17.8 Å². The molecule has 3 saturated heterocycles. The van der Waals surface area contributed by atoms with Gasteiger partial charge >= 0.3 is 11.9 Å². The van der Waals surface area contributed by atoms with E-state index in [2.05, 4.69) is 13.5 Å². The molecule has 1 aromatic rings. The Morgan fingerprint density at radius 1 is 1.13 bits per heavy atom. The Bertz CT molecular complexity index is 1780. The van der Waals surface area contributed by atoms with Gasteiger partial charge in [0.1, 0.15) is 30.0 Å². The number of esters is 1. The second kappa shape index (κ2) is 12.8. The van der Waals surface area contributed by atoms with E-state index in [4.69, 9.17) is 28.4 Å². The summed E-state index contributed by atoms with van der Waals surface area (Å²) in [6.45, 7) is 10.8. The van der Waals surface area contributed by atoms with Gasteiger partial charge in [-0.3, -0.25) is 4.79 Å². The number of fused-ring (bicyclic) bond motifs is 3. The van der Waals surface area contributed by atoms with Crippen LogP contribution in [0.2, 0.25) is 0 Å². The topological polar surface area (TPSA) is 174 Å². The Morgan fingerprint density at radius 2 is 1.90 bits per heavy atom. The number of ketones is 1. The largest absolute Gasteiger partial charge is 0.504 e. The molecule has 12 nitrogen and oxygen atoms in total. The highest BCUT2D eigenvalue weighted by Crippen LogP contribution is 2.73. The molecule has 6 aliphatic rings. The van der Waals surface area contributed by atoms with Crippen molar-refractivity contribution in [2.75, 3.05) is 13.7 Å². The average Bonchev–Trinajstić information content (AvgIpc) is 3.75. The standard InChI is InChI=1S/C40H48O12/c1-7-8-9-10-11-12-13-18-37-50-34-30-33-36(21-41,49-33)35(45)38(46)28(19-23(4)31(38)44)40(30,52-37)24(5)32(39(34,51-37)22(2)3)48-29(43)17-15-25-14-16-26(42)27(20-25)47-6/h11-20,24,28,30,32-35,41-42,45-46H,2,7-10,21H2,1,3-6H3. The Labute approximate surface area is 303 Å². The van der Waals surface area contributed by atoms with E-state index in [1.165, 1.54) is 25.3 Å². The van der Waals surface area contributed by atoms with Gasteiger partial charge in [-0.1, -0.05) is 63.6 Å². The first-order chi connectivity index (χ1) is 24.7. The van der Waals surface area contributed by atoms with Gasteiger partial charge in [-0.05, 0) is 61.6 Å². The predicted molar refractivity (Wildman–Crippen MR) is 187 cm³/mol. The van der Waals surface area contributed by atoms with Crippen LogP contribution in [0.15, 0.2) is 72.4 Å². The van der Waals surface area contributed by atoms with Crippen LogP contribution in [0.5, 0.6) is 11.5 Å². The third-order valence-corrected chi connectivity index (χ3v) is 12.1. The van der Waals surface area contributed by atoms with E-state index in [-0.39, 0.29) is 17.1 Å². The third-order valence-electron chi connectivity index (χ3n) is 12.1. The molecule has 3 heterocycles. The van der Waals surface area contributed by atoms with Crippen molar-refractivity contribution in [1.82, 2.24) is 0 Å². The van der Waals surface area contributed by atoms with E-state index in [9.17, 15) is 30.0 Å². The molecule has 2 saturated carbocycles. The van der Waals surface area contributed by atoms with Crippen molar-refractivity contribution < 1.29 is 58.4 Å². The van der Waals surface area contributed by atoms with E-state index >= 15 is 0 Å². The van der Waals surface area contributed by atoms with Crippen LogP contribution in [-0.2, 0) is 33.3 Å². The fraction of sp³-hybridized carbons (Fsp3) is 0.550. The summed E-state index contributed by atoms with van der Waals surface area (Å²) in [7, 11) is 1.42. The Kier molecular flexibility index (Phi) is 9.01. The van der Waals surface area contributed by atoms with E-state index < -0.39 is 88.9 Å². The number of phenolic OH excluding ortho intramolecular Hbond substituents is 1. The number of benzene rings is 1. The minimum atomic E-state index is -2.46. The molecule has 3 aliphatic heterocycles.